The summed E-state index contributed by atoms with van der Waals surface area (Å²) >= 11 is 9.52. The second-order valence-corrected chi connectivity index (χ2v) is 6.29. The van der Waals surface area contributed by atoms with Gasteiger partial charge in [0.05, 0.1) is 6.20 Å². The zero-order valence-electron chi connectivity index (χ0n) is 12.4. The Kier molecular flexibility index (Phi) is 4.84. The van der Waals surface area contributed by atoms with Crippen molar-refractivity contribution in [3.8, 4) is 11.5 Å². The number of amidine groups is 1. The van der Waals surface area contributed by atoms with Crippen LogP contribution in [0.15, 0.2) is 39.9 Å². The third-order valence-corrected chi connectivity index (χ3v) is 4.09. The van der Waals surface area contributed by atoms with Gasteiger partial charge in [0.1, 0.15) is 29.4 Å². The van der Waals surface area contributed by atoms with E-state index in [0.717, 1.165) is 21.3 Å². The number of nitrogens with zero attached hydrogens (tertiary/aromatic N) is 2. The monoisotopic (exact) mass is 395 g/mol. The summed E-state index contributed by atoms with van der Waals surface area (Å²) < 4.78 is 12.2. The van der Waals surface area contributed by atoms with Gasteiger partial charge >= 0.3 is 0 Å². The molecule has 0 saturated carbocycles. The number of rotatable bonds is 4. The first-order chi connectivity index (χ1) is 11.1. The highest BCUT2D eigenvalue weighted by atomic mass is 79.9. The number of halogens is 2. The van der Waals surface area contributed by atoms with E-state index < -0.39 is 0 Å². The molecule has 1 unspecified atom stereocenters. The first-order valence-electron chi connectivity index (χ1n) is 7.11. The second-order valence-electron chi connectivity index (χ2n) is 4.99. The summed E-state index contributed by atoms with van der Waals surface area (Å²) in [5.41, 5.74) is 7.74. The topological polar surface area (TPSA) is 69.7 Å². The average Bonchev–Trinajstić information content (AvgIpc) is 2.53. The largest absolute Gasteiger partial charge is 0.455 e. The molecule has 5 nitrogen and oxygen atoms in total. The predicted molar refractivity (Wildman–Crippen MR) is 93.4 cm³/mol. The van der Waals surface area contributed by atoms with E-state index in [2.05, 4.69) is 25.9 Å². The minimum absolute atomic E-state index is 0.283. The highest BCUT2D eigenvalue weighted by molar-refractivity contribution is 9.10. The number of ether oxygens (including phenoxy) is 2. The number of aliphatic imine (C=N–C) groups is 1. The van der Waals surface area contributed by atoms with Crippen LogP contribution in [-0.2, 0) is 4.74 Å². The molecule has 0 radical (unpaired) electrons. The van der Waals surface area contributed by atoms with Gasteiger partial charge in [-0.3, -0.25) is 4.99 Å². The zero-order chi connectivity index (χ0) is 16.4. The fourth-order valence-electron chi connectivity index (χ4n) is 2.39. The number of benzene rings is 1. The van der Waals surface area contributed by atoms with Crippen molar-refractivity contribution in [1.29, 1.82) is 0 Å². The number of hydrogen-bond acceptors (Lipinski definition) is 4. The quantitative estimate of drug-likeness (QED) is 0.480. The van der Waals surface area contributed by atoms with E-state index in [9.17, 15) is 0 Å². The van der Waals surface area contributed by atoms with E-state index in [1.54, 1.807) is 12.3 Å². The van der Waals surface area contributed by atoms with Crippen LogP contribution in [0, 0.1) is 0 Å². The molecule has 1 aromatic carbocycles. The second kappa shape index (κ2) is 6.86. The van der Waals surface area contributed by atoms with Crippen molar-refractivity contribution in [1.82, 2.24) is 4.98 Å². The summed E-state index contributed by atoms with van der Waals surface area (Å²) in [5, 5.41) is 0.384. The lowest BCUT2D eigenvalue weighted by atomic mass is 9.96. The van der Waals surface area contributed by atoms with Crippen LogP contribution in [-0.4, -0.2) is 24.0 Å². The van der Waals surface area contributed by atoms with Gasteiger partial charge in [-0.05, 0) is 31.2 Å². The molecular formula is C16H15BrClN3O2. The van der Waals surface area contributed by atoms with Crippen molar-refractivity contribution in [2.45, 2.75) is 13.0 Å². The number of fused-ring (bicyclic) bond motifs is 2. The van der Waals surface area contributed by atoms with Crippen molar-refractivity contribution < 1.29 is 9.47 Å². The lowest BCUT2D eigenvalue weighted by Gasteiger charge is -2.26. The Morgan fingerprint density at radius 2 is 2.17 bits per heavy atom. The maximum Gasteiger partial charge on any atom is 0.151 e. The molecule has 0 spiro atoms. The molecule has 120 valence electrons. The molecule has 2 aromatic rings. The fraction of sp³-hybridized carbons (Fsp3) is 0.250. The molecule has 1 aliphatic rings. The normalized spacial score (nSPS) is 16.5. The molecule has 0 saturated heterocycles. The van der Waals surface area contributed by atoms with E-state index in [4.69, 9.17) is 26.8 Å². The van der Waals surface area contributed by atoms with Gasteiger partial charge in [-0.1, -0.05) is 27.5 Å². The van der Waals surface area contributed by atoms with Crippen molar-refractivity contribution >= 4 is 33.4 Å². The van der Waals surface area contributed by atoms with Crippen LogP contribution in [0.3, 0.4) is 0 Å². The molecule has 0 bridgehead atoms. The number of hydrogen-bond donors (Lipinski definition) is 1. The number of nitrogens with two attached hydrogens (primary N) is 1. The van der Waals surface area contributed by atoms with Gasteiger partial charge in [0.2, 0.25) is 0 Å². The molecule has 1 aliphatic heterocycles. The molecule has 1 atom stereocenters. The average molecular weight is 397 g/mol. The summed E-state index contributed by atoms with van der Waals surface area (Å²) in [4.78, 5) is 8.69. The highest BCUT2D eigenvalue weighted by Crippen LogP contribution is 2.45. The third kappa shape index (κ3) is 3.49. The van der Waals surface area contributed by atoms with Gasteiger partial charge in [0.15, 0.2) is 5.75 Å². The Morgan fingerprint density at radius 1 is 1.39 bits per heavy atom. The van der Waals surface area contributed by atoms with Gasteiger partial charge in [-0.25, -0.2) is 4.98 Å². The van der Waals surface area contributed by atoms with Crippen molar-refractivity contribution in [3.05, 3.63) is 51.2 Å². The van der Waals surface area contributed by atoms with Crippen molar-refractivity contribution in [3.63, 3.8) is 0 Å². The van der Waals surface area contributed by atoms with Crippen molar-refractivity contribution in [2.24, 2.45) is 10.7 Å². The maximum absolute atomic E-state index is 6.04. The molecular weight excluding hydrogens is 382 g/mol. The molecule has 0 fully saturated rings. The van der Waals surface area contributed by atoms with Crippen LogP contribution >= 0.6 is 27.5 Å². The number of pyridine rings is 1. The van der Waals surface area contributed by atoms with Crippen LogP contribution in [0.1, 0.15) is 24.1 Å². The van der Waals surface area contributed by atoms with E-state index in [1.807, 2.05) is 25.1 Å². The summed E-state index contributed by atoms with van der Waals surface area (Å²) in [6, 6.07) is 7.21. The summed E-state index contributed by atoms with van der Waals surface area (Å²) in [6.45, 7) is 2.78. The van der Waals surface area contributed by atoms with Gasteiger partial charge in [-0.2, -0.15) is 0 Å². The Morgan fingerprint density at radius 3 is 2.96 bits per heavy atom. The Hall–Kier alpha value is -1.63. The predicted octanol–water partition coefficient (Wildman–Crippen LogP) is 4.09. The first kappa shape index (κ1) is 16.2. The smallest absolute Gasteiger partial charge is 0.151 e. The minimum atomic E-state index is -0.313. The maximum atomic E-state index is 6.04. The molecule has 2 N–H and O–H groups in total. The van der Waals surface area contributed by atoms with Gasteiger partial charge < -0.3 is 15.2 Å². The molecule has 23 heavy (non-hydrogen) atoms. The van der Waals surface area contributed by atoms with Gasteiger partial charge in [0.25, 0.3) is 0 Å². The third-order valence-electron chi connectivity index (χ3n) is 3.39. The highest BCUT2D eigenvalue weighted by Gasteiger charge is 2.28. The van der Waals surface area contributed by atoms with Crippen LogP contribution in [0.25, 0.3) is 0 Å². The van der Waals surface area contributed by atoms with Crippen LogP contribution in [0.5, 0.6) is 11.5 Å². The molecule has 3 rings (SSSR count). The van der Waals surface area contributed by atoms with Crippen LogP contribution in [0.2, 0.25) is 5.15 Å². The van der Waals surface area contributed by atoms with E-state index in [-0.39, 0.29) is 12.6 Å². The van der Waals surface area contributed by atoms with Gasteiger partial charge in [-0.15, -0.1) is 0 Å². The van der Waals surface area contributed by atoms with E-state index >= 15 is 0 Å². The standard InChI is InChI=1S/C16H15BrClN3O2/c1-2-22-8-15(19)21-16-10-5-9(17)3-4-12(10)23-13-7-20-14(18)6-11(13)16/h3-7,16H,2,8H2,1H3,(H2,19,21). The first-order valence-corrected chi connectivity index (χ1v) is 8.28. The zero-order valence-corrected chi connectivity index (χ0v) is 14.8. The summed E-state index contributed by atoms with van der Waals surface area (Å²) in [6.07, 6.45) is 1.60. The molecule has 0 aliphatic carbocycles. The Bertz CT molecular complexity index is 715. The molecule has 2 heterocycles. The van der Waals surface area contributed by atoms with Crippen molar-refractivity contribution in [2.75, 3.05) is 13.2 Å². The summed E-state index contributed by atoms with van der Waals surface area (Å²) in [7, 11) is 0. The lowest BCUT2D eigenvalue weighted by Crippen LogP contribution is -2.21. The minimum Gasteiger partial charge on any atom is -0.455 e. The van der Waals surface area contributed by atoms with Crippen LogP contribution < -0.4 is 10.5 Å². The van der Waals surface area contributed by atoms with Crippen LogP contribution in [0.4, 0.5) is 0 Å². The van der Waals surface area contributed by atoms with E-state index in [0.29, 0.717) is 23.3 Å². The SMILES string of the molecule is CCOCC(N)=NC1c2cc(Br)ccc2Oc2cnc(Cl)cc21. The van der Waals surface area contributed by atoms with E-state index in [1.165, 1.54) is 0 Å². The molecule has 1 aromatic heterocycles. The Balaban J connectivity index is 2.09. The molecule has 7 heteroatoms. The Labute approximate surface area is 147 Å². The summed E-state index contributed by atoms with van der Waals surface area (Å²) in [5.74, 6) is 1.77. The lowest BCUT2D eigenvalue weighted by molar-refractivity contribution is 0.186. The van der Waals surface area contributed by atoms with Gasteiger partial charge in [0, 0.05) is 22.2 Å². The molecule has 0 amide bonds. The number of aromatic nitrogens is 1. The fourth-order valence-corrected chi connectivity index (χ4v) is 2.94.